The molecule has 30 heavy (non-hydrogen) atoms. The number of allylic oxidation sites excluding steroid dienone is 1. The Balaban J connectivity index is 2.22. The third kappa shape index (κ3) is 7.07. The topological polar surface area (TPSA) is 81.7 Å². The van der Waals surface area contributed by atoms with Gasteiger partial charge in [0, 0.05) is 44.6 Å². The highest BCUT2D eigenvalue weighted by molar-refractivity contribution is 6.07. The van der Waals surface area contributed by atoms with Crippen molar-refractivity contribution >= 4 is 11.9 Å². The third-order valence-corrected chi connectivity index (χ3v) is 3.81. The van der Waals surface area contributed by atoms with E-state index in [9.17, 15) is 4.79 Å². The molecule has 0 fully saturated rings. The molecule has 0 aliphatic heterocycles. The first-order valence-corrected chi connectivity index (χ1v) is 9.02. The van der Waals surface area contributed by atoms with E-state index in [1.165, 1.54) is 20.3 Å². The number of ketones is 1. The molecule has 0 N–H and O–H groups in total. The van der Waals surface area contributed by atoms with Gasteiger partial charge in [-0.05, 0) is 36.4 Å². The van der Waals surface area contributed by atoms with Gasteiger partial charge in [0.05, 0.1) is 7.11 Å². The van der Waals surface area contributed by atoms with Gasteiger partial charge >= 0.3 is 0 Å². The van der Waals surface area contributed by atoms with E-state index in [2.05, 4.69) is 0 Å². The van der Waals surface area contributed by atoms with E-state index in [0.717, 1.165) is 5.56 Å². The molecule has 0 atom stereocenters. The fourth-order valence-corrected chi connectivity index (χ4v) is 2.44. The normalized spacial score (nSPS) is 10.8. The van der Waals surface area contributed by atoms with E-state index < -0.39 is 0 Å². The average Bonchev–Trinajstić information content (AvgIpc) is 2.78. The second-order valence-electron chi connectivity index (χ2n) is 5.95. The van der Waals surface area contributed by atoms with Crippen molar-refractivity contribution in [2.24, 2.45) is 0 Å². The number of benzene rings is 2. The van der Waals surface area contributed by atoms with Crippen LogP contribution >= 0.6 is 0 Å². The Morgan fingerprint density at radius 3 is 1.87 bits per heavy atom. The zero-order chi connectivity index (χ0) is 21.8. The molecule has 0 aromatic heterocycles. The number of ether oxygens (including phenoxy) is 7. The number of hydrogen-bond acceptors (Lipinski definition) is 8. The minimum atomic E-state index is -0.234. The van der Waals surface area contributed by atoms with E-state index in [0.29, 0.717) is 28.6 Å². The van der Waals surface area contributed by atoms with Crippen LogP contribution in [0.4, 0.5) is 0 Å². The molecule has 2 aromatic carbocycles. The molecule has 0 unspecified atom stereocenters. The summed E-state index contributed by atoms with van der Waals surface area (Å²) in [6.07, 6.45) is 3.11. The van der Waals surface area contributed by atoms with Crippen LogP contribution in [0, 0.1) is 0 Å². The van der Waals surface area contributed by atoms with E-state index in [1.807, 2.05) is 0 Å². The summed E-state index contributed by atoms with van der Waals surface area (Å²) < 4.78 is 36.4. The number of rotatable bonds is 13. The van der Waals surface area contributed by atoms with Crippen LogP contribution in [0.1, 0.15) is 15.9 Å². The molecule has 0 radical (unpaired) electrons. The first kappa shape index (κ1) is 23.2. The Morgan fingerprint density at radius 2 is 1.33 bits per heavy atom. The molecule has 2 aromatic rings. The van der Waals surface area contributed by atoms with E-state index in [-0.39, 0.29) is 26.2 Å². The van der Waals surface area contributed by atoms with Gasteiger partial charge < -0.3 is 33.2 Å². The molecular formula is C22H26O8. The summed E-state index contributed by atoms with van der Waals surface area (Å²) in [5.41, 5.74) is 1.11. The molecule has 162 valence electrons. The SMILES string of the molecule is COCOc1cc(OCOC)cc(C(=O)/C=C/c2ccc(OCOC)cc2OC)c1. The van der Waals surface area contributed by atoms with Crippen molar-refractivity contribution in [1.29, 1.82) is 0 Å². The minimum Gasteiger partial charge on any atom is -0.496 e. The largest absolute Gasteiger partial charge is 0.496 e. The van der Waals surface area contributed by atoms with Crippen LogP contribution in [0.5, 0.6) is 23.0 Å². The fourth-order valence-electron chi connectivity index (χ4n) is 2.44. The molecule has 0 saturated carbocycles. The number of carbonyl (C=O) groups is 1. The van der Waals surface area contributed by atoms with Crippen LogP contribution in [0.2, 0.25) is 0 Å². The van der Waals surface area contributed by atoms with Gasteiger partial charge in [-0.1, -0.05) is 0 Å². The van der Waals surface area contributed by atoms with E-state index in [1.54, 1.807) is 56.7 Å². The summed E-state index contributed by atoms with van der Waals surface area (Å²) in [6, 6.07) is 10.2. The van der Waals surface area contributed by atoms with E-state index in [4.69, 9.17) is 33.2 Å². The van der Waals surface area contributed by atoms with Crippen molar-refractivity contribution < 1.29 is 38.0 Å². The predicted molar refractivity (Wildman–Crippen MR) is 110 cm³/mol. The van der Waals surface area contributed by atoms with Gasteiger partial charge in [-0.3, -0.25) is 4.79 Å². The maximum absolute atomic E-state index is 12.7. The monoisotopic (exact) mass is 418 g/mol. The van der Waals surface area contributed by atoms with Crippen molar-refractivity contribution in [3.8, 4) is 23.0 Å². The molecule has 8 heteroatoms. The Hall–Kier alpha value is -3.07. The molecule has 0 heterocycles. The molecular weight excluding hydrogens is 392 g/mol. The molecule has 0 aliphatic carbocycles. The third-order valence-electron chi connectivity index (χ3n) is 3.81. The molecule has 0 amide bonds. The van der Waals surface area contributed by atoms with Crippen LogP contribution in [0.3, 0.4) is 0 Å². The molecule has 0 aliphatic rings. The summed E-state index contributed by atoms with van der Waals surface area (Å²) in [6.45, 7) is 0.226. The van der Waals surface area contributed by atoms with Crippen LogP contribution in [0.25, 0.3) is 6.08 Å². The van der Waals surface area contributed by atoms with Crippen molar-refractivity contribution in [3.05, 3.63) is 53.6 Å². The lowest BCUT2D eigenvalue weighted by Gasteiger charge is -2.11. The number of carbonyl (C=O) groups excluding carboxylic acids is 1. The van der Waals surface area contributed by atoms with Crippen LogP contribution in [-0.4, -0.2) is 54.6 Å². The maximum Gasteiger partial charge on any atom is 0.188 e. The van der Waals surface area contributed by atoms with Gasteiger partial charge in [0.15, 0.2) is 26.2 Å². The quantitative estimate of drug-likeness (QED) is 0.278. The molecule has 0 spiro atoms. The zero-order valence-corrected chi connectivity index (χ0v) is 17.5. The lowest BCUT2D eigenvalue weighted by atomic mass is 10.1. The highest BCUT2D eigenvalue weighted by atomic mass is 16.7. The standard InChI is InChI=1S/C22H26O8/c1-24-13-28-18-7-5-16(22(12-18)27-4)6-8-21(23)17-9-19(29-14-25-2)11-20(10-17)30-15-26-3/h5-12H,13-15H2,1-4H3/b8-6+. The van der Waals surface area contributed by atoms with Gasteiger partial charge in [-0.15, -0.1) is 0 Å². The smallest absolute Gasteiger partial charge is 0.188 e. The zero-order valence-electron chi connectivity index (χ0n) is 17.5. The van der Waals surface area contributed by atoms with Gasteiger partial charge in [-0.25, -0.2) is 0 Å². The lowest BCUT2D eigenvalue weighted by molar-refractivity contribution is 0.0459. The molecule has 2 rings (SSSR count). The number of hydrogen-bond donors (Lipinski definition) is 0. The Morgan fingerprint density at radius 1 is 0.767 bits per heavy atom. The highest BCUT2D eigenvalue weighted by Crippen LogP contribution is 2.27. The Labute approximate surface area is 175 Å². The average molecular weight is 418 g/mol. The molecule has 0 bridgehead atoms. The van der Waals surface area contributed by atoms with Crippen molar-refractivity contribution in [1.82, 2.24) is 0 Å². The second kappa shape index (κ2) is 12.5. The first-order valence-electron chi connectivity index (χ1n) is 9.02. The number of methoxy groups -OCH3 is 4. The summed E-state index contributed by atoms with van der Waals surface area (Å²) in [5.74, 6) is 1.81. The van der Waals surface area contributed by atoms with Gasteiger partial charge in [0.1, 0.15) is 23.0 Å². The van der Waals surface area contributed by atoms with Gasteiger partial charge in [0.2, 0.25) is 0 Å². The van der Waals surface area contributed by atoms with E-state index >= 15 is 0 Å². The summed E-state index contributed by atoms with van der Waals surface area (Å²) in [4.78, 5) is 12.7. The fraction of sp³-hybridized carbons (Fsp3) is 0.318. The van der Waals surface area contributed by atoms with Crippen LogP contribution in [-0.2, 0) is 14.2 Å². The van der Waals surface area contributed by atoms with Crippen molar-refractivity contribution in [2.75, 3.05) is 48.8 Å². The maximum atomic E-state index is 12.7. The van der Waals surface area contributed by atoms with Gasteiger partial charge in [-0.2, -0.15) is 0 Å². The summed E-state index contributed by atoms with van der Waals surface area (Å²) in [7, 11) is 6.11. The summed E-state index contributed by atoms with van der Waals surface area (Å²) >= 11 is 0. The van der Waals surface area contributed by atoms with Gasteiger partial charge in [0.25, 0.3) is 0 Å². The second-order valence-corrected chi connectivity index (χ2v) is 5.95. The highest BCUT2D eigenvalue weighted by Gasteiger charge is 2.10. The lowest BCUT2D eigenvalue weighted by Crippen LogP contribution is -2.04. The molecule has 8 nitrogen and oxygen atoms in total. The van der Waals surface area contributed by atoms with Crippen molar-refractivity contribution in [2.45, 2.75) is 0 Å². The van der Waals surface area contributed by atoms with Crippen LogP contribution in [0.15, 0.2) is 42.5 Å². The minimum absolute atomic E-state index is 0.0475. The van der Waals surface area contributed by atoms with Crippen molar-refractivity contribution in [3.63, 3.8) is 0 Å². The first-order chi connectivity index (χ1) is 14.6. The molecule has 0 saturated heterocycles. The Kier molecular flexibility index (Phi) is 9.66. The predicted octanol–water partition coefficient (Wildman–Crippen LogP) is 3.54. The summed E-state index contributed by atoms with van der Waals surface area (Å²) in [5, 5.41) is 0. The Bertz CT molecular complexity index is 821. The van der Waals surface area contributed by atoms with Crippen LogP contribution < -0.4 is 18.9 Å².